The molecule has 0 bridgehead atoms. The average Bonchev–Trinajstić information content (AvgIpc) is 2.99. The Morgan fingerprint density at radius 2 is 1.92 bits per heavy atom. The Balaban J connectivity index is 2.55. The van der Waals surface area contributed by atoms with Crippen molar-refractivity contribution in [2.24, 2.45) is 0 Å². The normalized spacial score (nSPS) is 12.7. The summed E-state index contributed by atoms with van der Waals surface area (Å²) in [6.45, 7) is 6.11. The molecular formula is C16H26N3O6S+. The first-order valence-corrected chi connectivity index (χ1v) is 8.67. The minimum Gasteiger partial charge on any atom is -0.465 e. The van der Waals surface area contributed by atoms with Crippen molar-refractivity contribution in [2.45, 2.75) is 26.4 Å². The van der Waals surface area contributed by atoms with Crippen LogP contribution in [0.2, 0.25) is 0 Å². The van der Waals surface area contributed by atoms with E-state index in [1.165, 1.54) is 20.3 Å². The number of carbonyl (C=O) groups is 2. The molecule has 0 saturated carbocycles. The smallest absolute Gasteiger partial charge is 0.407 e. The zero-order valence-corrected chi connectivity index (χ0v) is 16.4. The van der Waals surface area contributed by atoms with Crippen molar-refractivity contribution in [1.29, 1.82) is 0 Å². The lowest BCUT2D eigenvalue weighted by atomic mass is 10.2. The Morgan fingerprint density at radius 3 is 2.50 bits per heavy atom. The summed E-state index contributed by atoms with van der Waals surface area (Å²) >= 11 is 1.14. The van der Waals surface area contributed by atoms with Crippen LogP contribution in [0.4, 0.5) is 15.5 Å². The van der Waals surface area contributed by atoms with Gasteiger partial charge >= 0.3 is 12.1 Å². The summed E-state index contributed by atoms with van der Waals surface area (Å²) in [5.74, 6) is -0.495. The van der Waals surface area contributed by atoms with E-state index >= 15 is 0 Å². The Bertz CT molecular complexity index is 638. The van der Waals surface area contributed by atoms with Gasteiger partial charge in [0.15, 0.2) is 5.00 Å². The van der Waals surface area contributed by atoms with Gasteiger partial charge in [0, 0.05) is 19.2 Å². The molecule has 0 spiro atoms. The zero-order valence-electron chi connectivity index (χ0n) is 15.5. The molecule has 1 atom stereocenters. The number of hydrogen-bond acceptors (Lipinski definition) is 8. The first kappa shape index (κ1) is 21.9. The second-order valence-corrected chi connectivity index (χ2v) is 7.14. The minimum atomic E-state index is -0.540. The number of carbonyl (C=O) groups excluding carboxylic acids is 2. The van der Waals surface area contributed by atoms with E-state index in [9.17, 15) is 14.8 Å². The van der Waals surface area contributed by atoms with Gasteiger partial charge in [0.25, 0.3) is 0 Å². The van der Waals surface area contributed by atoms with Gasteiger partial charge in [-0.25, -0.2) is 9.59 Å². The maximum Gasteiger partial charge on any atom is 0.407 e. The molecule has 0 radical (unpaired) electrons. The fraction of sp³-hybridized carbons (Fsp3) is 0.500. The maximum absolute atomic E-state index is 11.6. The predicted molar refractivity (Wildman–Crippen MR) is 96.9 cm³/mol. The Morgan fingerprint density at radius 1 is 1.27 bits per heavy atom. The Kier molecular flexibility index (Phi) is 8.52. The molecule has 0 saturated heterocycles. The number of ether oxygens (including phenoxy) is 2. The fourth-order valence-electron chi connectivity index (χ4n) is 1.77. The highest BCUT2D eigenvalue weighted by Gasteiger charge is 2.23. The standard InChI is InChI=1S/C16H25N3O6S/c1-16(2,3)25-15(21)18-9-7-6-8-17-13-11(19(22)24-5)10-12(26-13)14(20)23-4/h6-7,10,17,22H,8-9H2,1-5H3,(H,18,21)/p+1/b7-6+. The molecule has 4 N–H and O–H groups in total. The van der Waals surface area contributed by atoms with Crippen molar-refractivity contribution >= 4 is 34.1 Å². The van der Waals surface area contributed by atoms with Gasteiger partial charge in [0.1, 0.15) is 17.6 Å². The van der Waals surface area contributed by atoms with Crippen LogP contribution >= 0.6 is 11.3 Å². The molecule has 0 fully saturated rings. The topological polar surface area (TPSA) is 111 Å². The van der Waals surface area contributed by atoms with Gasteiger partial charge in [-0.05, 0) is 26.0 Å². The number of nitrogens with one attached hydrogen (secondary N) is 3. The van der Waals surface area contributed by atoms with Gasteiger partial charge in [-0.15, -0.1) is 11.3 Å². The lowest BCUT2D eigenvalue weighted by Crippen LogP contribution is -3.03. The Labute approximate surface area is 156 Å². The molecule has 0 aliphatic heterocycles. The van der Waals surface area contributed by atoms with Crippen LogP contribution in [0.25, 0.3) is 0 Å². The lowest BCUT2D eigenvalue weighted by Gasteiger charge is -2.19. The second-order valence-electron chi connectivity index (χ2n) is 6.09. The molecule has 9 nitrogen and oxygen atoms in total. The molecule has 1 heterocycles. The fourth-order valence-corrected chi connectivity index (χ4v) is 2.74. The molecule has 1 unspecified atom stereocenters. The predicted octanol–water partition coefficient (Wildman–Crippen LogP) is 1.49. The molecule has 1 amide bonds. The third-order valence-electron chi connectivity index (χ3n) is 2.85. The zero-order chi connectivity index (χ0) is 19.7. The van der Waals surface area contributed by atoms with E-state index in [4.69, 9.17) is 9.57 Å². The number of esters is 1. The van der Waals surface area contributed by atoms with Gasteiger partial charge in [-0.1, -0.05) is 12.2 Å². The molecule has 0 aliphatic carbocycles. The summed E-state index contributed by atoms with van der Waals surface area (Å²) in [4.78, 5) is 28.3. The van der Waals surface area contributed by atoms with Crippen LogP contribution in [-0.4, -0.2) is 50.2 Å². The minimum absolute atomic E-state index is 0.297. The van der Waals surface area contributed by atoms with E-state index in [1.807, 2.05) is 0 Å². The largest absolute Gasteiger partial charge is 0.465 e. The molecular weight excluding hydrogens is 362 g/mol. The third kappa shape index (κ3) is 7.40. The first-order chi connectivity index (χ1) is 12.2. The van der Waals surface area contributed by atoms with Crippen LogP contribution in [0.5, 0.6) is 0 Å². The van der Waals surface area contributed by atoms with Crippen LogP contribution in [0.15, 0.2) is 18.2 Å². The van der Waals surface area contributed by atoms with E-state index in [2.05, 4.69) is 15.4 Å². The highest BCUT2D eigenvalue weighted by molar-refractivity contribution is 7.18. The molecule has 146 valence electrons. The number of alkyl carbamates (subject to hydrolysis) is 1. The second kappa shape index (κ2) is 10.1. The monoisotopic (exact) mass is 388 g/mol. The quantitative estimate of drug-likeness (QED) is 0.303. The van der Waals surface area contributed by atoms with Crippen molar-refractivity contribution in [3.05, 3.63) is 23.1 Å². The van der Waals surface area contributed by atoms with E-state index in [-0.39, 0.29) is 5.23 Å². The summed E-state index contributed by atoms with van der Waals surface area (Å²) in [6, 6.07) is 1.49. The van der Waals surface area contributed by atoms with Crippen molar-refractivity contribution in [3.63, 3.8) is 0 Å². The van der Waals surface area contributed by atoms with Crippen LogP contribution < -0.4 is 15.9 Å². The molecule has 0 aliphatic rings. The van der Waals surface area contributed by atoms with Crippen molar-refractivity contribution in [1.82, 2.24) is 5.32 Å². The van der Waals surface area contributed by atoms with Crippen LogP contribution in [0.1, 0.15) is 30.4 Å². The summed E-state index contributed by atoms with van der Waals surface area (Å²) < 4.78 is 9.80. The van der Waals surface area contributed by atoms with Gasteiger partial charge in [-0.2, -0.15) is 10.0 Å². The molecule has 1 aromatic rings. The van der Waals surface area contributed by atoms with E-state index in [0.717, 1.165) is 11.3 Å². The van der Waals surface area contributed by atoms with Crippen molar-refractivity contribution in [2.75, 3.05) is 32.6 Å². The molecule has 0 aromatic carbocycles. The van der Waals surface area contributed by atoms with Gasteiger partial charge in [0.05, 0.1) is 7.11 Å². The summed E-state index contributed by atoms with van der Waals surface area (Å²) in [7, 11) is 2.62. The van der Waals surface area contributed by atoms with Gasteiger partial charge < -0.3 is 20.1 Å². The van der Waals surface area contributed by atoms with Gasteiger partial charge in [0.2, 0.25) is 5.69 Å². The number of thiophene rings is 1. The first-order valence-electron chi connectivity index (χ1n) is 7.86. The number of methoxy groups -OCH3 is 1. The highest BCUT2D eigenvalue weighted by atomic mass is 32.1. The number of anilines is 1. The SMILES string of the molecule is COC(=O)c1cc([NH+](O)OC)c(NC/C=C/CNC(=O)OC(C)(C)C)s1. The van der Waals surface area contributed by atoms with Gasteiger partial charge in [-0.3, -0.25) is 0 Å². The van der Waals surface area contributed by atoms with Crippen molar-refractivity contribution in [3.8, 4) is 0 Å². The Hall–Kier alpha value is -2.14. The third-order valence-corrected chi connectivity index (χ3v) is 3.93. The van der Waals surface area contributed by atoms with Crippen molar-refractivity contribution < 1.29 is 34.3 Å². The number of quaternary nitrogens is 1. The van der Waals surface area contributed by atoms with Crippen LogP contribution in [0, 0.1) is 0 Å². The summed E-state index contributed by atoms with van der Waals surface area (Å²) in [6.07, 6.45) is 3.06. The van der Waals surface area contributed by atoms with E-state index < -0.39 is 17.7 Å². The lowest BCUT2D eigenvalue weighted by molar-refractivity contribution is -1.19. The highest BCUT2D eigenvalue weighted by Crippen LogP contribution is 2.30. The molecule has 10 heteroatoms. The van der Waals surface area contributed by atoms with Crippen LogP contribution in [0.3, 0.4) is 0 Å². The number of rotatable bonds is 8. The number of amides is 1. The average molecular weight is 388 g/mol. The molecule has 1 aromatic heterocycles. The summed E-state index contributed by atoms with van der Waals surface area (Å²) in [5.41, 5.74) is -0.166. The summed E-state index contributed by atoms with van der Waals surface area (Å²) in [5, 5.41) is 15.7. The molecule has 26 heavy (non-hydrogen) atoms. The maximum atomic E-state index is 11.6. The molecule has 1 rings (SSSR count). The van der Waals surface area contributed by atoms with E-state index in [1.54, 1.807) is 32.9 Å². The number of hydrogen-bond donors (Lipinski definition) is 4. The van der Waals surface area contributed by atoms with Crippen LogP contribution in [-0.2, 0) is 14.3 Å². The van der Waals surface area contributed by atoms with E-state index in [0.29, 0.717) is 28.7 Å².